The number of nitrogens with one attached hydrogen (secondary N) is 1. The molecule has 106 valence electrons. The summed E-state index contributed by atoms with van der Waals surface area (Å²) in [6, 6.07) is 7.75. The second-order valence-electron chi connectivity index (χ2n) is 4.32. The van der Waals surface area contributed by atoms with E-state index >= 15 is 0 Å². The van der Waals surface area contributed by atoms with Crippen LogP contribution in [0.15, 0.2) is 30.5 Å². The molecule has 0 unspecified atom stereocenters. The van der Waals surface area contributed by atoms with E-state index in [1.54, 1.807) is 7.11 Å². The molecule has 3 N–H and O–H groups in total. The summed E-state index contributed by atoms with van der Waals surface area (Å²) < 4.78 is 5.36. The number of hydrogen-bond donors (Lipinski definition) is 2. The molecule has 0 spiro atoms. The Hall–Kier alpha value is -2.14. The standard InChI is InChI=1S/C15H20N4O/c1-3-12-13(17-9-8-16)10-18-15(19-12)11-6-4-5-7-14(11)20-2/h4-7,10,17H,3,8-9,16H2,1-2H3. The molecule has 0 aliphatic rings. The molecule has 1 aromatic carbocycles. The highest BCUT2D eigenvalue weighted by Gasteiger charge is 2.10. The molecule has 2 rings (SSSR count). The first kappa shape index (κ1) is 14.3. The molecule has 5 heteroatoms. The highest BCUT2D eigenvalue weighted by atomic mass is 16.5. The van der Waals surface area contributed by atoms with Crippen molar-refractivity contribution in [2.75, 3.05) is 25.5 Å². The molecule has 0 fully saturated rings. The number of anilines is 1. The van der Waals surface area contributed by atoms with Gasteiger partial charge in [0, 0.05) is 13.1 Å². The minimum Gasteiger partial charge on any atom is -0.496 e. The van der Waals surface area contributed by atoms with Crippen LogP contribution in [0.4, 0.5) is 5.69 Å². The minimum absolute atomic E-state index is 0.581. The number of methoxy groups -OCH3 is 1. The van der Waals surface area contributed by atoms with Crippen LogP contribution < -0.4 is 15.8 Å². The number of ether oxygens (including phenoxy) is 1. The van der Waals surface area contributed by atoms with E-state index in [-0.39, 0.29) is 0 Å². The fourth-order valence-electron chi connectivity index (χ4n) is 2.00. The van der Waals surface area contributed by atoms with Crippen LogP contribution in [0.3, 0.4) is 0 Å². The van der Waals surface area contributed by atoms with Crippen LogP contribution in [0.5, 0.6) is 5.75 Å². The Kier molecular flexibility index (Phi) is 4.90. The van der Waals surface area contributed by atoms with Gasteiger partial charge in [0.2, 0.25) is 0 Å². The highest BCUT2D eigenvalue weighted by Crippen LogP contribution is 2.28. The first-order valence-corrected chi connectivity index (χ1v) is 6.73. The van der Waals surface area contributed by atoms with Crippen LogP contribution in [0.2, 0.25) is 0 Å². The molecule has 0 aliphatic heterocycles. The van der Waals surface area contributed by atoms with Crippen LogP contribution in [-0.4, -0.2) is 30.2 Å². The van der Waals surface area contributed by atoms with Crippen LogP contribution >= 0.6 is 0 Å². The second kappa shape index (κ2) is 6.86. The summed E-state index contributed by atoms with van der Waals surface area (Å²) >= 11 is 0. The molecule has 0 radical (unpaired) electrons. The van der Waals surface area contributed by atoms with Gasteiger partial charge < -0.3 is 15.8 Å². The summed E-state index contributed by atoms with van der Waals surface area (Å²) in [6.07, 6.45) is 2.64. The van der Waals surface area contributed by atoms with Gasteiger partial charge in [-0.3, -0.25) is 0 Å². The predicted octanol–water partition coefficient (Wildman–Crippen LogP) is 2.09. The normalized spacial score (nSPS) is 10.3. The lowest BCUT2D eigenvalue weighted by Gasteiger charge is -2.12. The van der Waals surface area contributed by atoms with Gasteiger partial charge in [0.1, 0.15) is 5.75 Å². The number of aryl methyl sites for hydroxylation is 1. The fraction of sp³-hybridized carbons (Fsp3) is 0.333. The number of aromatic nitrogens is 2. The lowest BCUT2D eigenvalue weighted by Crippen LogP contribution is -2.15. The number of nitrogens with two attached hydrogens (primary N) is 1. The number of rotatable bonds is 6. The van der Waals surface area contributed by atoms with Crippen molar-refractivity contribution in [3.05, 3.63) is 36.2 Å². The van der Waals surface area contributed by atoms with Crippen molar-refractivity contribution in [3.8, 4) is 17.1 Å². The van der Waals surface area contributed by atoms with Crippen LogP contribution in [-0.2, 0) is 6.42 Å². The smallest absolute Gasteiger partial charge is 0.163 e. The summed E-state index contributed by atoms with van der Waals surface area (Å²) in [4.78, 5) is 9.05. The maximum absolute atomic E-state index is 5.51. The zero-order chi connectivity index (χ0) is 14.4. The number of hydrogen-bond acceptors (Lipinski definition) is 5. The molecular weight excluding hydrogens is 252 g/mol. The molecule has 2 aromatic rings. The first-order chi connectivity index (χ1) is 9.80. The van der Waals surface area contributed by atoms with E-state index in [2.05, 4.69) is 22.2 Å². The van der Waals surface area contributed by atoms with E-state index in [4.69, 9.17) is 10.5 Å². The third-order valence-corrected chi connectivity index (χ3v) is 3.01. The quantitative estimate of drug-likeness (QED) is 0.842. The van der Waals surface area contributed by atoms with Crippen molar-refractivity contribution in [1.29, 1.82) is 0 Å². The molecule has 20 heavy (non-hydrogen) atoms. The lowest BCUT2D eigenvalue weighted by molar-refractivity contribution is 0.416. The van der Waals surface area contributed by atoms with Gasteiger partial charge in [0.05, 0.1) is 30.3 Å². The van der Waals surface area contributed by atoms with Crippen molar-refractivity contribution in [2.45, 2.75) is 13.3 Å². The summed E-state index contributed by atoms with van der Waals surface area (Å²) in [5, 5.41) is 3.24. The molecular formula is C15H20N4O. The van der Waals surface area contributed by atoms with E-state index in [0.717, 1.165) is 29.1 Å². The molecule has 1 aromatic heterocycles. The topological polar surface area (TPSA) is 73.1 Å². The Bertz CT molecular complexity index is 572. The SMILES string of the molecule is CCc1nc(-c2ccccc2OC)ncc1NCCN. The Balaban J connectivity index is 2.38. The van der Waals surface area contributed by atoms with Gasteiger partial charge >= 0.3 is 0 Å². The summed E-state index contributed by atoms with van der Waals surface area (Å²) in [5.74, 6) is 1.45. The zero-order valence-corrected chi connectivity index (χ0v) is 11.9. The van der Waals surface area contributed by atoms with E-state index in [1.165, 1.54) is 0 Å². The second-order valence-corrected chi connectivity index (χ2v) is 4.32. The Labute approximate surface area is 119 Å². The van der Waals surface area contributed by atoms with E-state index in [9.17, 15) is 0 Å². The zero-order valence-electron chi connectivity index (χ0n) is 11.9. The Morgan fingerprint density at radius 1 is 1.30 bits per heavy atom. The number of benzene rings is 1. The van der Waals surface area contributed by atoms with Crippen molar-refractivity contribution < 1.29 is 4.74 Å². The van der Waals surface area contributed by atoms with Crippen LogP contribution in [0.1, 0.15) is 12.6 Å². The van der Waals surface area contributed by atoms with E-state index in [0.29, 0.717) is 18.9 Å². The van der Waals surface area contributed by atoms with Gasteiger partial charge in [-0.1, -0.05) is 19.1 Å². The number of para-hydroxylation sites is 1. The summed E-state index contributed by atoms with van der Waals surface area (Å²) in [6.45, 7) is 3.36. The lowest BCUT2D eigenvalue weighted by atomic mass is 10.1. The molecule has 0 atom stereocenters. The molecule has 0 saturated heterocycles. The van der Waals surface area contributed by atoms with Crippen LogP contribution in [0.25, 0.3) is 11.4 Å². The maximum atomic E-state index is 5.51. The van der Waals surface area contributed by atoms with Crippen LogP contribution in [0, 0.1) is 0 Å². The third kappa shape index (κ3) is 3.05. The fourth-order valence-corrected chi connectivity index (χ4v) is 2.00. The first-order valence-electron chi connectivity index (χ1n) is 6.73. The van der Waals surface area contributed by atoms with Crippen molar-refractivity contribution >= 4 is 5.69 Å². The molecule has 0 amide bonds. The molecule has 1 heterocycles. The van der Waals surface area contributed by atoms with Gasteiger partial charge in [-0.2, -0.15) is 0 Å². The monoisotopic (exact) mass is 272 g/mol. The van der Waals surface area contributed by atoms with E-state index < -0.39 is 0 Å². The van der Waals surface area contributed by atoms with Crippen molar-refractivity contribution in [1.82, 2.24) is 9.97 Å². The maximum Gasteiger partial charge on any atom is 0.163 e. The van der Waals surface area contributed by atoms with Gasteiger partial charge in [-0.25, -0.2) is 9.97 Å². The summed E-state index contributed by atoms with van der Waals surface area (Å²) in [7, 11) is 1.65. The van der Waals surface area contributed by atoms with Gasteiger partial charge in [0.25, 0.3) is 0 Å². The number of nitrogens with zero attached hydrogens (tertiary/aromatic N) is 2. The highest BCUT2D eigenvalue weighted by molar-refractivity contribution is 5.65. The largest absolute Gasteiger partial charge is 0.496 e. The van der Waals surface area contributed by atoms with Gasteiger partial charge in [-0.15, -0.1) is 0 Å². The third-order valence-electron chi connectivity index (χ3n) is 3.01. The average Bonchev–Trinajstić information content (AvgIpc) is 2.52. The Morgan fingerprint density at radius 3 is 2.80 bits per heavy atom. The van der Waals surface area contributed by atoms with Crippen molar-refractivity contribution in [3.63, 3.8) is 0 Å². The van der Waals surface area contributed by atoms with Gasteiger partial charge in [-0.05, 0) is 18.6 Å². The summed E-state index contributed by atoms with van der Waals surface area (Å²) in [5.41, 5.74) is 8.33. The van der Waals surface area contributed by atoms with Crippen molar-refractivity contribution in [2.24, 2.45) is 5.73 Å². The predicted molar refractivity (Wildman–Crippen MR) is 80.9 cm³/mol. The molecule has 0 saturated carbocycles. The molecule has 0 aliphatic carbocycles. The Morgan fingerprint density at radius 2 is 2.10 bits per heavy atom. The minimum atomic E-state index is 0.581. The average molecular weight is 272 g/mol. The van der Waals surface area contributed by atoms with Gasteiger partial charge in [0.15, 0.2) is 5.82 Å². The molecule has 0 bridgehead atoms. The van der Waals surface area contributed by atoms with E-state index in [1.807, 2.05) is 30.5 Å². The molecule has 5 nitrogen and oxygen atoms in total.